The summed E-state index contributed by atoms with van der Waals surface area (Å²) in [4.78, 5) is 40.2. The van der Waals surface area contributed by atoms with E-state index in [-0.39, 0.29) is 23.6 Å². The fourth-order valence-corrected chi connectivity index (χ4v) is 3.03. The van der Waals surface area contributed by atoms with Crippen molar-refractivity contribution in [2.24, 2.45) is 0 Å². The molecule has 0 bridgehead atoms. The number of carbonyl (C=O) groups is 1. The molecule has 0 spiro atoms. The lowest BCUT2D eigenvalue weighted by molar-refractivity contribution is -0.137. The van der Waals surface area contributed by atoms with E-state index in [2.05, 4.69) is 4.98 Å². The number of carbonyl (C=O) groups excluding carboxylic acids is 1. The lowest BCUT2D eigenvalue weighted by Gasteiger charge is -2.19. The van der Waals surface area contributed by atoms with E-state index in [0.29, 0.717) is 0 Å². The molecule has 0 fully saturated rings. The molecule has 0 saturated carbocycles. The highest BCUT2D eigenvalue weighted by Gasteiger charge is 2.30. The Hall–Kier alpha value is -4.08. The average molecular weight is 444 g/mol. The number of hydrogen-bond acceptors (Lipinski definition) is 4. The number of nitrogen functional groups attached to an aromatic ring is 1. The van der Waals surface area contributed by atoms with Crippen LogP contribution in [0.4, 0.5) is 24.7 Å². The number of alkyl halides is 3. The van der Waals surface area contributed by atoms with Gasteiger partial charge in [-0.15, -0.1) is 0 Å². The van der Waals surface area contributed by atoms with Gasteiger partial charge in [-0.25, -0.2) is 4.79 Å². The van der Waals surface area contributed by atoms with Gasteiger partial charge in [0.15, 0.2) is 5.69 Å². The Labute approximate surface area is 180 Å². The third kappa shape index (κ3) is 4.97. The first kappa shape index (κ1) is 22.6. The molecule has 0 radical (unpaired) electrons. The van der Waals surface area contributed by atoms with Crippen LogP contribution in [-0.2, 0) is 17.5 Å². The number of anilines is 2. The minimum absolute atomic E-state index is 0.0669. The number of aromatic amines is 1. The zero-order chi connectivity index (χ0) is 23.5. The van der Waals surface area contributed by atoms with Gasteiger partial charge < -0.3 is 10.6 Å². The number of rotatable bonds is 5. The fourth-order valence-electron chi connectivity index (χ4n) is 3.03. The summed E-state index contributed by atoms with van der Waals surface area (Å²) >= 11 is 0. The average Bonchev–Trinajstić information content (AvgIpc) is 2.75. The van der Waals surface area contributed by atoms with Gasteiger partial charge >= 0.3 is 11.9 Å². The van der Waals surface area contributed by atoms with Crippen LogP contribution in [0.5, 0.6) is 0 Å². The van der Waals surface area contributed by atoms with Crippen LogP contribution in [0, 0.1) is 0 Å². The van der Waals surface area contributed by atoms with Crippen molar-refractivity contribution in [3.63, 3.8) is 0 Å². The van der Waals surface area contributed by atoms with Crippen molar-refractivity contribution in [1.29, 1.82) is 0 Å². The van der Waals surface area contributed by atoms with Gasteiger partial charge in [-0.05, 0) is 29.3 Å². The van der Waals surface area contributed by atoms with Crippen LogP contribution in [0.2, 0.25) is 0 Å². The molecule has 0 aliphatic rings. The highest BCUT2D eigenvalue weighted by atomic mass is 19.4. The Morgan fingerprint density at radius 1 is 1.12 bits per heavy atom. The second-order valence-corrected chi connectivity index (χ2v) is 6.92. The maximum atomic E-state index is 12.9. The fraction of sp³-hybridized carbons (Fsp3) is 0.136. The molecule has 3 rings (SSSR count). The molecule has 166 valence electrons. The predicted octanol–water partition coefficient (Wildman–Crippen LogP) is 2.86. The number of nitrogens with two attached hydrogens (primary N) is 1. The number of benzene rings is 2. The summed E-state index contributed by atoms with van der Waals surface area (Å²) < 4.78 is 39.7. The second kappa shape index (κ2) is 8.96. The van der Waals surface area contributed by atoms with Gasteiger partial charge in [0.1, 0.15) is 5.82 Å². The van der Waals surface area contributed by atoms with Crippen molar-refractivity contribution >= 4 is 23.5 Å². The van der Waals surface area contributed by atoms with Gasteiger partial charge in [-0.3, -0.25) is 19.1 Å². The van der Waals surface area contributed by atoms with Crippen molar-refractivity contribution in [3.8, 4) is 0 Å². The SMILES string of the molecule is CN(C(=O)/C=C/c1cccc(C(F)(F)F)c1)c1c(N)n(Cc2ccccc2)c(=O)[nH]c1=O. The van der Waals surface area contributed by atoms with Crippen LogP contribution in [0.1, 0.15) is 16.7 Å². The van der Waals surface area contributed by atoms with E-state index in [1.54, 1.807) is 30.3 Å². The van der Waals surface area contributed by atoms with E-state index in [4.69, 9.17) is 5.73 Å². The Balaban J connectivity index is 1.90. The molecule has 1 amide bonds. The molecular weight excluding hydrogens is 425 g/mol. The first-order chi connectivity index (χ1) is 15.1. The molecule has 3 N–H and O–H groups in total. The van der Waals surface area contributed by atoms with Crippen molar-refractivity contribution in [3.05, 3.63) is 98.2 Å². The van der Waals surface area contributed by atoms with Crippen molar-refractivity contribution in [1.82, 2.24) is 9.55 Å². The molecule has 0 unspecified atom stereocenters. The number of nitrogens with one attached hydrogen (secondary N) is 1. The van der Waals surface area contributed by atoms with E-state index < -0.39 is 28.9 Å². The maximum absolute atomic E-state index is 12.9. The molecule has 0 saturated heterocycles. The van der Waals surface area contributed by atoms with Crippen LogP contribution >= 0.6 is 0 Å². The first-order valence-electron chi connectivity index (χ1n) is 9.37. The van der Waals surface area contributed by atoms with E-state index in [1.807, 2.05) is 0 Å². The summed E-state index contributed by atoms with van der Waals surface area (Å²) in [6.07, 6.45) is -2.31. The summed E-state index contributed by atoms with van der Waals surface area (Å²) in [6, 6.07) is 13.3. The second-order valence-electron chi connectivity index (χ2n) is 6.92. The van der Waals surface area contributed by atoms with Crippen LogP contribution in [-0.4, -0.2) is 22.5 Å². The lowest BCUT2D eigenvalue weighted by Crippen LogP contribution is -2.39. The topological polar surface area (TPSA) is 101 Å². The zero-order valence-corrected chi connectivity index (χ0v) is 16.9. The Bertz CT molecular complexity index is 1280. The Morgan fingerprint density at radius 2 is 1.81 bits per heavy atom. The maximum Gasteiger partial charge on any atom is 0.416 e. The van der Waals surface area contributed by atoms with E-state index in [9.17, 15) is 27.6 Å². The molecule has 0 aliphatic heterocycles. The summed E-state index contributed by atoms with van der Waals surface area (Å²) in [6.45, 7) is 0.0669. The summed E-state index contributed by atoms with van der Waals surface area (Å²) in [7, 11) is 1.27. The molecule has 1 heterocycles. The number of nitrogens with zero attached hydrogens (tertiary/aromatic N) is 2. The van der Waals surface area contributed by atoms with E-state index >= 15 is 0 Å². The molecule has 10 heteroatoms. The van der Waals surface area contributed by atoms with Gasteiger partial charge in [-0.2, -0.15) is 13.2 Å². The monoisotopic (exact) mass is 444 g/mol. The number of likely N-dealkylation sites (N-methyl/N-ethyl adjacent to an activating group) is 1. The molecule has 7 nitrogen and oxygen atoms in total. The van der Waals surface area contributed by atoms with Crippen molar-refractivity contribution in [2.75, 3.05) is 17.7 Å². The van der Waals surface area contributed by atoms with E-state index in [0.717, 1.165) is 33.2 Å². The van der Waals surface area contributed by atoms with Crippen molar-refractivity contribution in [2.45, 2.75) is 12.7 Å². The number of hydrogen-bond donors (Lipinski definition) is 2. The number of H-pyrrole nitrogens is 1. The molecular formula is C22H19F3N4O3. The minimum atomic E-state index is -4.52. The third-order valence-electron chi connectivity index (χ3n) is 4.70. The molecule has 2 aromatic carbocycles. The Morgan fingerprint density at radius 3 is 2.47 bits per heavy atom. The van der Waals surface area contributed by atoms with Gasteiger partial charge in [0, 0.05) is 13.1 Å². The molecule has 0 atom stereocenters. The van der Waals surface area contributed by atoms with Crippen molar-refractivity contribution < 1.29 is 18.0 Å². The number of amides is 1. The largest absolute Gasteiger partial charge is 0.416 e. The summed E-state index contributed by atoms with van der Waals surface area (Å²) in [5.74, 6) is -0.935. The van der Waals surface area contributed by atoms with Crippen LogP contribution < -0.4 is 21.9 Å². The highest BCUT2D eigenvalue weighted by molar-refractivity contribution is 6.04. The van der Waals surface area contributed by atoms with Gasteiger partial charge in [-0.1, -0.05) is 42.5 Å². The molecule has 3 aromatic rings. The number of halogens is 3. The zero-order valence-electron chi connectivity index (χ0n) is 16.9. The molecule has 0 aliphatic carbocycles. The summed E-state index contributed by atoms with van der Waals surface area (Å²) in [5, 5.41) is 0. The van der Waals surface area contributed by atoms with Crippen LogP contribution in [0.25, 0.3) is 6.08 Å². The first-order valence-corrected chi connectivity index (χ1v) is 9.37. The predicted molar refractivity (Wildman–Crippen MR) is 115 cm³/mol. The third-order valence-corrected chi connectivity index (χ3v) is 4.70. The lowest BCUT2D eigenvalue weighted by atomic mass is 10.1. The van der Waals surface area contributed by atoms with Crippen LogP contribution in [0.3, 0.4) is 0 Å². The van der Waals surface area contributed by atoms with Crippen LogP contribution in [0.15, 0.2) is 70.3 Å². The normalized spacial score (nSPS) is 11.6. The standard InChI is InChI=1S/C22H19F3N4O3/c1-28(17(30)11-10-14-8-5-9-16(12-14)22(23,24)25)18-19(26)29(21(32)27-20(18)31)13-15-6-3-2-4-7-15/h2-12H,13,26H2,1H3,(H,27,31,32)/b11-10+. The number of aromatic nitrogens is 2. The van der Waals surface area contributed by atoms with Gasteiger partial charge in [0.05, 0.1) is 12.1 Å². The smallest absolute Gasteiger partial charge is 0.383 e. The quantitative estimate of drug-likeness (QED) is 0.591. The minimum Gasteiger partial charge on any atom is -0.383 e. The highest BCUT2D eigenvalue weighted by Crippen LogP contribution is 2.29. The summed E-state index contributed by atoms with van der Waals surface area (Å²) in [5.41, 5.74) is 4.24. The molecule has 32 heavy (non-hydrogen) atoms. The molecule has 1 aromatic heterocycles. The Kier molecular flexibility index (Phi) is 6.33. The van der Waals surface area contributed by atoms with E-state index in [1.165, 1.54) is 25.3 Å². The van der Waals surface area contributed by atoms with Gasteiger partial charge in [0.2, 0.25) is 0 Å². The van der Waals surface area contributed by atoms with Gasteiger partial charge in [0.25, 0.3) is 11.5 Å².